The van der Waals surface area contributed by atoms with Crippen molar-refractivity contribution in [1.82, 2.24) is 29.8 Å². The highest BCUT2D eigenvalue weighted by Gasteiger charge is 2.23. The number of nitrogens with zero attached hydrogens (tertiary/aromatic N) is 8. The van der Waals surface area contributed by atoms with Crippen LogP contribution < -0.4 is 14.5 Å². The van der Waals surface area contributed by atoms with E-state index in [1.54, 1.807) is 30.3 Å². The van der Waals surface area contributed by atoms with Gasteiger partial charge >= 0.3 is 0 Å². The molecule has 0 amide bonds. The lowest BCUT2D eigenvalue weighted by Crippen LogP contribution is -2.38. The van der Waals surface area contributed by atoms with E-state index in [-0.39, 0.29) is 0 Å². The Balaban J connectivity index is 1.37. The number of methoxy groups -OCH3 is 1. The highest BCUT2D eigenvalue weighted by Crippen LogP contribution is 2.26. The zero-order valence-electron chi connectivity index (χ0n) is 15.0. The molecule has 4 heterocycles. The SMILES string of the molecule is COc1nccnc1N(C)CC1CCN(c2ccc3nncn3n2)CC1. The lowest BCUT2D eigenvalue weighted by atomic mass is 9.96. The number of anilines is 2. The van der Waals surface area contributed by atoms with E-state index < -0.39 is 0 Å². The summed E-state index contributed by atoms with van der Waals surface area (Å²) in [5.41, 5.74) is 0.767. The Kier molecular flexibility index (Phi) is 4.51. The monoisotopic (exact) mass is 354 g/mol. The van der Waals surface area contributed by atoms with Crippen LogP contribution in [-0.4, -0.2) is 63.6 Å². The third-order valence-electron chi connectivity index (χ3n) is 4.82. The van der Waals surface area contributed by atoms with Gasteiger partial charge in [-0.3, -0.25) is 0 Å². The molecule has 0 radical (unpaired) electrons. The number of rotatable bonds is 5. The van der Waals surface area contributed by atoms with E-state index in [0.29, 0.717) is 11.8 Å². The molecule has 136 valence electrons. The van der Waals surface area contributed by atoms with Crippen molar-refractivity contribution in [3.05, 3.63) is 30.9 Å². The number of aromatic nitrogens is 6. The van der Waals surface area contributed by atoms with Gasteiger partial charge in [0.1, 0.15) is 12.1 Å². The van der Waals surface area contributed by atoms with Crippen molar-refractivity contribution in [2.75, 3.05) is 43.6 Å². The Morgan fingerprint density at radius 1 is 1.19 bits per heavy atom. The highest BCUT2D eigenvalue weighted by atomic mass is 16.5. The minimum atomic E-state index is 0.568. The zero-order valence-corrected chi connectivity index (χ0v) is 15.0. The van der Waals surface area contributed by atoms with E-state index in [0.717, 1.165) is 49.8 Å². The van der Waals surface area contributed by atoms with Crippen LogP contribution in [0.3, 0.4) is 0 Å². The first-order chi connectivity index (χ1) is 12.7. The second kappa shape index (κ2) is 7.11. The topological polar surface area (TPSA) is 84.6 Å². The molecule has 0 atom stereocenters. The number of fused-ring (bicyclic) bond motifs is 1. The Morgan fingerprint density at radius 2 is 2.00 bits per heavy atom. The molecule has 3 aromatic heterocycles. The van der Waals surface area contributed by atoms with Crippen LogP contribution in [0.4, 0.5) is 11.6 Å². The molecule has 0 spiro atoms. The summed E-state index contributed by atoms with van der Waals surface area (Å²) < 4.78 is 7.03. The maximum absolute atomic E-state index is 5.31. The molecular weight excluding hydrogens is 332 g/mol. The third kappa shape index (κ3) is 3.24. The fourth-order valence-corrected chi connectivity index (χ4v) is 3.43. The van der Waals surface area contributed by atoms with E-state index in [1.807, 2.05) is 19.2 Å². The van der Waals surface area contributed by atoms with Crippen LogP contribution in [0, 0.1) is 5.92 Å². The van der Waals surface area contributed by atoms with Crippen LogP contribution >= 0.6 is 0 Å². The first-order valence-electron chi connectivity index (χ1n) is 8.73. The first kappa shape index (κ1) is 16.5. The predicted molar refractivity (Wildman–Crippen MR) is 97.6 cm³/mol. The van der Waals surface area contributed by atoms with Gasteiger partial charge in [0.15, 0.2) is 11.5 Å². The average Bonchev–Trinajstić information content (AvgIpc) is 3.16. The maximum atomic E-state index is 5.31. The molecule has 3 aromatic rings. The minimum absolute atomic E-state index is 0.568. The Hall–Kier alpha value is -2.97. The van der Waals surface area contributed by atoms with Crippen molar-refractivity contribution in [2.45, 2.75) is 12.8 Å². The zero-order chi connectivity index (χ0) is 17.9. The molecule has 1 fully saturated rings. The van der Waals surface area contributed by atoms with Crippen molar-refractivity contribution in [2.24, 2.45) is 5.92 Å². The van der Waals surface area contributed by atoms with Gasteiger partial charge in [0.05, 0.1) is 7.11 Å². The molecule has 1 aliphatic rings. The van der Waals surface area contributed by atoms with Gasteiger partial charge in [0, 0.05) is 39.1 Å². The van der Waals surface area contributed by atoms with Gasteiger partial charge in [-0.25, -0.2) is 9.97 Å². The first-order valence-corrected chi connectivity index (χ1v) is 8.73. The van der Waals surface area contributed by atoms with Crippen molar-refractivity contribution in [1.29, 1.82) is 0 Å². The summed E-state index contributed by atoms with van der Waals surface area (Å²) in [6.07, 6.45) is 7.19. The molecule has 4 rings (SSSR count). The fraction of sp³-hybridized carbons (Fsp3) is 0.471. The normalized spacial score (nSPS) is 15.4. The van der Waals surface area contributed by atoms with E-state index in [4.69, 9.17) is 4.74 Å². The molecule has 26 heavy (non-hydrogen) atoms. The molecule has 0 aliphatic carbocycles. The standard InChI is InChI=1S/C17H22N8O/c1-23(16-17(26-2)19-8-7-18-16)11-13-5-9-24(10-6-13)15-4-3-14-21-20-12-25(14)22-15/h3-4,7-8,12-13H,5-6,9-11H2,1-2H3. The lowest BCUT2D eigenvalue weighted by molar-refractivity contribution is 0.386. The molecule has 0 saturated carbocycles. The van der Waals surface area contributed by atoms with Crippen LogP contribution in [0.5, 0.6) is 5.88 Å². The number of hydrogen-bond donors (Lipinski definition) is 0. The molecule has 0 N–H and O–H groups in total. The highest BCUT2D eigenvalue weighted by molar-refractivity contribution is 5.47. The van der Waals surface area contributed by atoms with Crippen molar-refractivity contribution in [3.8, 4) is 5.88 Å². The van der Waals surface area contributed by atoms with E-state index >= 15 is 0 Å². The molecule has 0 aromatic carbocycles. The smallest absolute Gasteiger partial charge is 0.257 e. The van der Waals surface area contributed by atoms with Gasteiger partial charge in [0.25, 0.3) is 5.88 Å². The van der Waals surface area contributed by atoms with Crippen molar-refractivity contribution < 1.29 is 4.74 Å². The van der Waals surface area contributed by atoms with Gasteiger partial charge in [-0.15, -0.1) is 15.3 Å². The van der Waals surface area contributed by atoms with Crippen LogP contribution in [0.15, 0.2) is 30.9 Å². The fourth-order valence-electron chi connectivity index (χ4n) is 3.43. The van der Waals surface area contributed by atoms with Gasteiger partial charge in [-0.05, 0) is 30.9 Å². The summed E-state index contributed by atoms with van der Waals surface area (Å²) in [5.74, 6) is 2.93. The Bertz CT molecular complexity index is 874. The minimum Gasteiger partial charge on any atom is -0.478 e. The largest absolute Gasteiger partial charge is 0.478 e. The average molecular weight is 354 g/mol. The van der Waals surface area contributed by atoms with Crippen LogP contribution in [0.1, 0.15) is 12.8 Å². The molecule has 1 saturated heterocycles. The summed E-state index contributed by atoms with van der Waals surface area (Å²) in [4.78, 5) is 13.1. The lowest BCUT2D eigenvalue weighted by Gasteiger charge is -2.34. The van der Waals surface area contributed by atoms with Crippen LogP contribution in [0.25, 0.3) is 5.65 Å². The second-order valence-corrected chi connectivity index (χ2v) is 6.53. The molecule has 9 nitrogen and oxygen atoms in total. The van der Waals surface area contributed by atoms with Gasteiger partial charge in [0.2, 0.25) is 0 Å². The van der Waals surface area contributed by atoms with Crippen LogP contribution in [0.2, 0.25) is 0 Å². The Labute approximate surface area is 151 Å². The maximum Gasteiger partial charge on any atom is 0.257 e. The number of hydrogen-bond acceptors (Lipinski definition) is 8. The second-order valence-electron chi connectivity index (χ2n) is 6.53. The summed E-state index contributed by atoms with van der Waals surface area (Å²) >= 11 is 0. The van der Waals surface area contributed by atoms with Gasteiger partial charge < -0.3 is 14.5 Å². The van der Waals surface area contributed by atoms with Gasteiger partial charge in [-0.1, -0.05) is 0 Å². The van der Waals surface area contributed by atoms with E-state index in [1.165, 1.54) is 0 Å². The van der Waals surface area contributed by atoms with Crippen LogP contribution in [-0.2, 0) is 0 Å². The molecule has 0 unspecified atom stereocenters. The van der Waals surface area contributed by atoms with E-state index in [9.17, 15) is 0 Å². The van der Waals surface area contributed by atoms with Crippen molar-refractivity contribution >= 4 is 17.3 Å². The number of piperidine rings is 1. The summed E-state index contributed by atoms with van der Waals surface area (Å²) in [6.45, 7) is 2.90. The van der Waals surface area contributed by atoms with Gasteiger partial charge in [-0.2, -0.15) is 4.52 Å². The number of ether oxygens (including phenoxy) is 1. The predicted octanol–water partition coefficient (Wildman–Crippen LogP) is 1.28. The molecule has 9 heteroatoms. The molecular formula is C17H22N8O. The molecule has 0 bridgehead atoms. The van der Waals surface area contributed by atoms with Crippen molar-refractivity contribution in [3.63, 3.8) is 0 Å². The quantitative estimate of drug-likeness (QED) is 0.677. The summed E-state index contributed by atoms with van der Waals surface area (Å²) in [7, 11) is 3.67. The summed E-state index contributed by atoms with van der Waals surface area (Å²) in [6, 6.07) is 3.97. The molecule has 1 aliphatic heterocycles. The van der Waals surface area contributed by atoms with E-state index in [2.05, 4.69) is 35.1 Å². The summed E-state index contributed by atoms with van der Waals surface area (Å²) in [5, 5.41) is 12.5. The Morgan fingerprint density at radius 3 is 2.81 bits per heavy atom. The third-order valence-corrected chi connectivity index (χ3v) is 4.82.